The van der Waals surface area contributed by atoms with E-state index < -0.39 is 0 Å². The summed E-state index contributed by atoms with van der Waals surface area (Å²) in [5, 5.41) is 9.58. The number of carbonyl (C=O) groups is 1. The van der Waals surface area contributed by atoms with Gasteiger partial charge in [0, 0.05) is 25.8 Å². The lowest BCUT2D eigenvalue weighted by Crippen LogP contribution is -2.33. The lowest BCUT2D eigenvalue weighted by atomic mass is 10.4. The van der Waals surface area contributed by atoms with E-state index in [9.17, 15) is 4.79 Å². The van der Waals surface area contributed by atoms with Crippen molar-refractivity contribution in [3.05, 3.63) is 17.5 Å². The average molecular weight is 210 g/mol. The van der Waals surface area contributed by atoms with Gasteiger partial charge in [0.2, 0.25) is 0 Å². The number of nitrogens with zero attached hydrogens (tertiary/aromatic N) is 2. The highest BCUT2D eigenvalue weighted by molar-refractivity contribution is 5.73. The Morgan fingerprint density at radius 3 is 2.80 bits per heavy atom. The van der Waals surface area contributed by atoms with Gasteiger partial charge in [0.25, 0.3) is 0 Å². The van der Waals surface area contributed by atoms with Gasteiger partial charge in [-0.2, -0.15) is 5.10 Å². The van der Waals surface area contributed by atoms with Crippen LogP contribution >= 0.6 is 0 Å². The second kappa shape index (κ2) is 5.38. The van der Waals surface area contributed by atoms with Gasteiger partial charge < -0.3 is 10.6 Å². The Kier molecular flexibility index (Phi) is 4.15. The molecule has 2 amide bonds. The number of carbonyl (C=O) groups excluding carboxylic acids is 1. The van der Waals surface area contributed by atoms with E-state index in [1.165, 1.54) is 0 Å². The Labute approximate surface area is 89.9 Å². The van der Waals surface area contributed by atoms with E-state index in [0.29, 0.717) is 6.54 Å². The number of aromatic nitrogens is 2. The van der Waals surface area contributed by atoms with Crippen LogP contribution in [0.3, 0.4) is 0 Å². The van der Waals surface area contributed by atoms with Gasteiger partial charge in [-0.1, -0.05) is 0 Å². The first kappa shape index (κ1) is 11.6. The number of hydrogen-bond donors (Lipinski definition) is 2. The van der Waals surface area contributed by atoms with Crippen molar-refractivity contribution in [3.63, 3.8) is 0 Å². The Hall–Kier alpha value is -1.52. The summed E-state index contributed by atoms with van der Waals surface area (Å²) >= 11 is 0. The topological polar surface area (TPSA) is 59.0 Å². The summed E-state index contributed by atoms with van der Waals surface area (Å²) < 4.78 is 1.96. The van der Waals surface area contributed by atoms with Crippen LogP contribution in [0.5, 0.6) is 0 Å². The van der Waals surface area contributed by atoms with Gasteiger partial charge in [-0.25, -0.2) is 4.79 Å². The van der Waals surface area contributed by atoms with Crippen molar-refractivity contribution in [2.24, 2.45) is 0 Å². The van der Waals surface area contributed by atoms with Crippen LogP contribution in [-0.2, 0) is 6.54 Å². The summed E-state index contributed by atoms with van der Waals surface area (Å²) in [7, 11) is 1.61. The molecule has 0 aromatic carbocycles. The molecule has 1 rings (SSSR count). The maximum absolute atomic E-state index is 10.8. The molecule has 0 spiro atoms. The maximum Gasteiger partial charge on any atom is 0.314 e. The summed E-state index contributed by atoms with van der Waals surface area (Å²) in [5.41, 5.74) is 2.19. The van der Waals surface area contributed by atoms with E-state index in [-0.39, 0.29) is 6.03 Å². The molecule has 0 bridgehead atoms. The molecule has 0 aliphatic heterocycles. The van der Waals surface area contributed by atoms with Crippen LogP contribution in [0.4, 0.5) is 4.79 Å². The fourth-order valence-electron chi connectivity index (χ4n) is 1.42. The molecule has 0 saturated heterocycles. The third kappa shape index (κ3) is 3.61. The maximum atomic E-state index is 10.8. The second-order valence-electron chi connectivity index (χ2n) is 3.51. The Balaban J connectivity index is 2.26. The Morgan fingerprint density at radius 2 is 2.27 bits per heavy atom. The van der Waals surface area contributed by atoms with E-state index in [2.05, 4.69) is 15.7 Å². The number of nitrogens with one attached hydrogen (secondary N) is 2. The minimum absolute atomic E-state index is 0.136. The predicted molar refractivity (Wildman–Crippen MR) is 58.8 cm³/mol. The highest BCUT2D eigenvalue weighted by Crippen LogP contribution is 2.01. The third-order valence-electron chi connectivity index (χ3n) is 2.16. The van der Waals surface area contributed by atoms with E-state index >= 15 is 0 Å². The van der Waals surface area contributed by atoms with Crippen LogP contribution in [0.1, 0.15) is 17.8 Å². The lowest BCUT2D eigenvalue weighted by Gasteiger charge is -2.05. The van der Waals surface area contributed by atoms with Gasteiger partial charge in [0.15, 0.2) is 0 Å². The molecule has 0 saturated carbocycles. The molecule has 15 heavy (non-hydrogen) atoms. The molecule has 0 aliphatic rings. The van der Waals surface area contributed by atoms with Crippen molar-refractivity contribution >= 4 is 6.03 Å². The first-order valence-corrected chi connectivity index (χ1v) is 5.10. The predicted octanol–water partition coefficient (Wildman–Crippen LogP) is 0.819. The van der Waals surface area contributed by atoms with Gasteiger partial charge >= 0.3 is 6.03 Å². The second-order valence-corrected chi connectivity index (χ2v) is 3.51. The quantitative estimate of drug-likeness (QED) is 0.723. The summed E-state index contributed by atoms with van der Waals surface area (Å²) in [6.07, 6.45) is 0.884. The molecule has 0 unspecified atom stereocenters. The van der Waals surface area contributed by atoms with E-state index in [0.717, 1.165) is 24.4 Å². The van der Waals surface area contributed by atoms with E-state index in [4.69, 9.17) is 0 Å². The lowest BCUT2D eigenvalue weighted by molar-refractivity contribution is 0.242. The zero-order valence-corrected chi connectivity index (χ0v) is 9.50. The highest BCUT2D eigenvalue weighted by atomic mass is 16.2. The van der Waals surface area contributed by atoms with Crippen molar-refractivity contribution in [2.75, 3.05) is 13.6 Å². The van der Waals surface area contributed by atoms with Crippen LogP contribution in [0.15, 0.2) is 6.07 Å². The van der Waals surface area contributed by atoms with Crippen LogP contribution in [-0.4, -0.2) is 29.4 Å². The van der Waals surface area contributed by atoms with Crippen molar-refractivity contribution in [1.82, 2.24) is 20.4 Å². The van der Waals surface area contributed by atoms with Crippen molar-refractivity contribution in [2.45, 2.75) is 26.8 Å². The molecule has 0 aliphatic carbocycles. The van der Waals surface area contributed by atoms with E-state index in [1.54, 1.807) is 7.05 Å². The molecule has 1 aromatic heterocycles. The molecular weight excluding hydrogens is 192 g/mol. The summed E-state index contributed by atoms with van der Waals surface area (Å²) in [4.78, 5) is 10.8. The third-order valence-corrected chi connectivity index (χ3v) is 2.16. The minimum atomic E-state index is -0.136. The molecule has 1 heterocycles. The fraction of sp³-hybridized carbons (Fsp3) is 0.600. The van der Waals surface area contributed by atoms with Crippen molar-refractivity contribution in [1.29, 1.82) is 0 Å². The summed E-state index contributed by atoms with van der Waals surface area (Å²) in [5.74, 6) is 0. The molecule has 0 fully saturated rings. The first-order valence-electron chi connectivity index (χ1n) is 5.10. The van der Waals surface area contributed by atoms with Crippen LogP contribution in [0, 0.1) is 13.8 Å². The van der Waals surface area contributed by atoms with Crippen molar-refractivity contribution in [3.8, 4) is 0 Å². The average Bonchev–Trinajstić information content (AvgIpc) is 2.52. The fourth-order valence-corrected chi connectivity index (χ4v) is 1.42. The van der Waals surface area contributed by atoms with Gasteiger partial charge in [-0.3, -0.25) is 4.68 Å². The van der Waals surface area contributed by atoms with Crippen LogP contribution < -0.4 is 10.6 Å². The molecule has 2 N–H and O–H groups in total. The Bertz CT molecular complexity index is 332. The van der Waals surface area contributed by atoms with Crippen molar-refractivity contribution < 1.29 is 4.79 Å². The standard InChI is InChI=1S/C10H18N4O/c1-8-7-9(2)14(13-8)6-4-5-12-10(15)11-3/h7H,4-6H2,1-3H3,(H2,11,12,15). The number of amides is 2. The first-order chi connectivity index (χ1) is 7.13. The molecule has 0 atom stereocenters. The molecule has 0 radical (unpaired) electrons. The largest absolute Gasteiger partial charge is 0.341 e. The van der Waals surface area contributed by atoms with Gasteiger partial charge in [-0.15, -0.1) is 0 Å². The van der Waals surface area contributed by atoms with Gasteiger partial charge in [-0.05, 0) is 26.3 Å². The minimum Gasteiger partial charge on any atom is -0.341 e. The molecule has 5 heteroatoms. The normalized spacial score (nSPS) is 10.1. The SMILES string of the molecule is CNC(=O)NCCCn1nc(C)cc1C. The number of rotatable bonds is 4. The van der Waals surface area contributed by atoms with Crippen LogP contribution in [0.2, 0.25) is 0 Å². The summed E-state index contributed by atoms with van der Waals surface area (Å²) in [6.45, 7) is 5.51. The van der Waals surface area contributed by atoms with Crippen LogP contribution in [0.25, 0.3) is 0 Å². The molecule has 84 valence electrons. The van der Waals surface area contributed by atoms with Gasteiger partial charge in [0.1, 0.15) is 0 Å². The number of hydrogen-bond acceptors (Lipinski definition) is 2. The highest BCUT2D eigenvalue weighted by Gasteiger charge is 2.00. The number of aryl methyl sites for hydroxylation is 3. The Morgan fingerprint density at radius 1 is 1.53 bits per heavy atom. The smallest absolute Gasteiger partial charge is 0.314 e. The number of urea groups is 1. The molecular formula is C10H18N4O. The molecule has 1 aromatic rings. The van der Waals surface area contributed by atoms with Gasteiger partial charge in [0.05, 0.1) is 5.69 Å². The summed E-state index contributed by atoms with van der Waals surface area (Å²) in [6, 6.07) is 1.91. The zero-order valence-electron chi connectivity index (χ0n) is 9.50. The monoisotopic (exact) mass is 210 g/mol. The molecule has 5 nitrogen and oxygen atoms in total. The van der Waals surface area contributed by atoms with E-state index in [1.807, 2.05) is 24.6 Å². The zero-order chi connectivity index (χ0) is 11.3.